The Morgan fingerprint density at radius 2 is 2.00 bits per heavy atom. The fraction of sp³-hybridized carbons (Fsp3) is 0.217. The van der Waals surface area contributed by atoms with Crippen LogP contribution in [-0.2, 0) is 11.3 Å². The van der Waals surface area contributed by atoms with E-state index in [2.05, 4.69) is 10.3 Å². The zero-order valence-electron chi connectivity index (χ0n) is 18.2. The average molecular weight is 468 g/mol. The maximum absolute atomic E-state index is 13.1. The van der Waals surface area contributed by atoms with Gasteiger partial charge in [0.2, 0.25) is 5.76 Å². The summed E-state index contributed by atoms with van der Waals surface area (Å²) < 4.78 is 17.1. The number of hydrogen-bond acceptors (Lipinski definition) is 8. The smallest absolute Gasteiger partial charge is 0.374 e. The van der Waals surface area contributed by atoms with Crippen LogP contribution in [0.5, 0.6) is 5.75 Å². The predicted octanol–water partition coefficient (Wildman–Crippen LogP) is 3.85. The van der Waals surface area contributed by atoms with E-state index in [9.17, 15) is 14.4 Å². The van der Waals surface area contributed by atoms with Crippen LogP contribution in [-0.4, -0.2) is 35.1 Å². The van der Waals surface area contributed by atoms with Crippen molar-refractivity contribution in [3.05, 3.63) is 75.0 Å². The number of ether oxygens (including phenoxy) is 2. The van der Waals surface area contributed by atoms with Crippen molar-refractivity contribution in [3.63, 3.8) is 0 Å². The van der Waals surface area contributed by atoms with E-state index in [4.69, 9.17) is 13.9 Å². The van der Waals surface area contributed by atoms with Crippen molar-refractivity contribution < 1.29 is 23.5 Å². The summed E-state index contributed by atoms with van der Waals surface area (Å²) in [7, 11) is 1.52. The molecule has 0 aliphatic heterocycles. The highest BCUT2D eigenvalue weighted by Crippen LogP contribution is 2.29. The Bertz CT molecular complexity index is 1400. The van der Waals surface area contributed by atoms with Crippen LogP contribution in [0, 0.1) is 6.92 Å². The second-order valence-corrected chi connectivity index (χ2v) is 8.05. The number of anilines is 1. The van der Waals surface area contributed by atoms with E-state index in [1.54, 1.807) is 44.2 Å². The Labute approximate surface area is 192 Å². The maximum atomic E-state index is 13.1. The van der Waals surface area contributed by atoms with E-state index in [-0.39, 0.29) is 30.4 Å². The molecule has 0 radical (unpaired) electrons. The first-order valence-corrected chi connectivity index (χ1v) is 10.9. The van der Waals surface area contributed by atoms with Crippen LogP contribution < -0.4 is 15.6 Å². The van der Waals surface area contributed by atoms with Crippen molar-refractivity contribution >= 4 is 39.1 Å². The minimum atomic E-state index is -0.566. The standard InChI is InChI=1S/C23H21N3O6S/c1-4-31-23(29)17-10-9-14(32-17)11-26-12-24-21-18(22(26)28)13(2)19(33-21)20(27)25-15-7-5-6-8-16(15)30-3/h5-10,12H,4,11H2,1-3H3,(H,25,27). The number of carbonyl (C=O) groups is 2. The molecular formula is C23H21N3O6S. The van der Waals surface area contributed by atoms with Crippen LogP contribution in [0.25, 0.3) is 10.2 Å². The van der Waals surface area contributed by atoms with Gasteiger partial charge in [0, 0.05) is 0 Å². The van der Waals surface area contributed by atoms with E-state index >= 15 is 0 Å². The molecule has 3 heterocycles. The van der Waals surface area contributed by atoms with Gasteiger partial charge in [0.05, 0.1) is 42.5 Å². The van der Waals surface area contributed by atoms with E-state index in [1.807, 2.05) is 0 Å². The van der Waals surface area contributed by atoms with Gasteiger partial charge in [-0.15, -0.1) is 11.3 Å². The van der Waals surface area contributed by atoms with Gasteiger partial charge in [-0.25, -0.2) is 9.78 Å². The Morgan fingerprint density at radius 3 is 2.76 bits per heavy atom. The molecule has 3 aromatic heterocycles. The third-order valence-corrected chi connectivity index (χ3v) is 6.14. The highest BCUT2D eigenvalue weighted by Gasteiger charge is 2.21. The number of nitrogens with one attached hydrogen (secondary N) is 1. The molecule has 0 atom stereocenters. The lowest BCUT2D eigenvalue weighted by atomic mass is 10.2. The number of esters is 1. The number of benzene rings is 1. The number of furan rings is 1. The molecule has 0 spiro atoms. The van der Waals surface area contributed by atoms with E-state index in [0.29, 0.717) is 37.9 Å². The monoisotopic (exact) mass is 467 g/mol. The molecule has 0 bridgehead atoms. The molecular weight excluding hydrogens is 446 g/mol. The number of aromatic nitrogens is 2. The fourth-order valence-corrected chi connectivity index (χ4v) is 4.39. The van der Waals surface area contributed by atoms with Crippen LogP contribution in [0.3, 0.4) is 0 Å². The molecule has 0 unspecified atom stereocenters. The first-order valence-electron chi connectivity index (χ1n) is 10.1. The highest BCUT2D eigenvalue weighted by atomic mass is 32.1. The fourth-order valence-electron chi connectivity index (χ4n) is 3.36. The number of methoxy groups -OCH3 is 1. The molecule has 0 fully saturated rings. The Morgan fingerprint density at radius 1 is 1.21 bits per heavy atom. The maximum Gasteiger partial charge on any atom is 0.374 e. The number of amides is 1. The van der Waals surface area contributed by atoms with Gasteiger partial charge in [0.25, 0.3) is 11.5 Å². The SMILES string of the molecule is CCOC(=O)c1ccc(Cn2cnc3sc(C(=O)Nc4ccccc4OC)c(C)c3c2=O)o1. The molecule has 1 N–H and O–H groups in total. The summed E-state index contributed by atoms with van der Waals surface area (Å²) in [5.74, 6) is 0.0881. The summed E-state index contributed by atoms with van der Waals surface area (Å²) in [5, 5.41) is 3.19. The first-order chi connectivity index (χ1) is 15.9. The largest absolute Gasteiger partial charge is 0.495 e. The normalized spacial score (nSPS) is 10.9. The molecule has 0 aliphatic rings. The molecule has 0 saturated heterocycles. The second-order valence-electron chi connectivity index (χ2n) is 7.05. The number of hydrogen-bond donors (Lipinski definition) is 1. The molecule has 33 heavy (non-hydrogen) atoms. The molecule has 1 aromatic carbocycles. The number of rotatable bonds is 7. The number of aryl methyl sites for hydroxylation is 1. The molecule has 0 aliphatic carbocycles. The van der Waals surface area contributed by atoms with Crippen LogP contribution in [0.1, 0.15) is 38.5 Å². The summed E-state index contributed by atoms with van der Waals surface area (Å²) in [6.07, 6.45) is 1.40. The van der Waals surface area contributed by atoms with Crippen molar-refractivity contribution in [2.75, 3.05) is 19.0 Å². The molecule has 0 saturated carbocycles. The number of carbonyl (C=O) groups excluding carboxylic acids is 2. The second kappa shape index (κ2) is 9.29. The first kappa shape index (κ1) is 22.3. The van der Waals surface area contributed by atoms with Gasteiger partial charge in [0.1, 0.15) is 16.3 Å². The predicted molar refractivity (Wildman–Crippen MR) is 123 cm³/mol. The van der Waals surface area contributed by atoms with Gasteiger partial charge >= 0.3 is 5.97 Å². The van der Waals surface area contributed by atoms with Crippen LogP contribution in [0.2, 0.25) is 0 Å². The third kappa shape index (κ3) is 4.37. The summed E-state index contributed by atoms with van der Waals surface area (Å²) in [4.78, 5) is 43.1. The van der Waals surface area contributed by atoms with Gasteiger partial charge in [-0.1, -0.05) is 12.1 Å². The van der Waals surface area contributed by atoms with E-state index in [1.165, 1.54) is 24.1 Å². The van der Waals surface area contributed by atoms with Gasteiger partial charge in [0.15, 0.2) is 0 Å². The minimum absolute atomic E-state index is 0.0657. The molecule has 4 aromatic rings. The lowest BCUT2D eigenvalue weighted by molar-refractivity contribution is 0.0487. The Balaban J connectivity index is 1.62. The summed E-state index contributed by atoms with van der Waals surface area (Å²) in [5.41, 5.74) is 0.766. The highest BCUT2D eigenvalue weighted by molar-refractivity contribution is 7.20. The van der Waals surface area contributed by atoms with Gasteiger partial charge in [-0.2, -0.15) is 0 Å². The van der Waals surface area contributed by atoms with Crippen molar-refractivity contribution in [2.24, 2.45) is 0 Å². The summed E-state index contributed by atoms with van der Waals surface area (Å²) >= 11 is 1.15. The van der Waals surface area contributed by atoms with Crippen LogP contribution in [0.15, 0.2) is 51.9 Å². The minimum Gasteiger partial charge on any atom is -0.495 e. The molecule has 9 nitrogen and oxygen atoms in total. The summed E-state index contributed by atoms with van der Waals surface area (Å²) in [6.45, 7) is 3.74. The van der Waals surface area contributed by atoms with Crippen LogP contribution >= 0.6 is 11.3 Å². The Kier molecular flexibility index (Phi) is 6.27. The van der Waals surface area contributed by atoms with Crippen molar-refractivity contribution in [1.82, 2.24) is 9.55 Å². The molecule has 10 heteroatoms. The van der Waals surface area contributed by atoms with Gasteiger partial charge in [-0.3, -0.25) is 14.2 Å². The quantitative estimate of drug-likeness (QED) is 0.411. The van der Waals surface area contributed by atoms with E-state index in [0.717, 1.165) is 11.3 Å². The average Bonchev–Trinajstić information content (AvgIpc) is 3.41. The number of nitrogens with zero attached hydrogens (tertiary/aromatic N) is 2. The molecule has 1 amide bonds. The van der Waals surface area contributed by atoms with Crippen molar-refractivity contribution in [2.45, 2.75) is 20.4 Å². The lowest BCUT2D eigenvalue weighted by Gasteiger charge is -2.09. The van der Waals surface area contributed by atoms with Gasteiger partial charge in [-0.05, 0) is 43.7 Å². The summed E-state index contributed by atoms with van der Waals surface area (Å²) in [6, 6.07) is 10.2. The molecule has 170 valence electrons. The van der Waals surface area contributed by atoms with Crippen LogP contribution in [0.4, 0.5) is 5.69 Å². The topological polar surface area (TPSA) is 113 Å². The lowest BCUT2D eigenvalue weighted by Crippen LogP contribution is -2.21. The number of fused-ring (bicyclic) bond motifs is 1. The van der Waals surface area contributed by atoms with Crippen molar-refractivity contribution in [1.29, 1.82) is 0 Å². The molecule has 4 rings (SSSR count). The zero-order valence-corrected chi connectivity index (χ0v) is 19.0. The van der Waals surface area contributed by atoms with Gasteiger partial charge < -0.3 is 19.2 Å². The Hall–Kier alpha value is -3.92. The zero-order chi connectivity index (χ0) is 23.5. The van der Waals surface area contributed by atoms with E-state index < -0.39 is 5.97 Å². The van der Waals surface area contributed by atoms with Crippen molar-refractivity contribution in [3.8, 4) is 5.75 Å². The number of thiophene rings is 1. The third-order valence-electron chi connectivity index (χ3n) is 4.94. The number of para-hydroxylation sites is 2.